The molecule has 4 atom stereocenters. The van der Waals surface area contributed by atoms with Crippen LogP contribution in [0.15, 0.2) is 39.5 Å². The second kappa shape index (κ2) is 7.63. The summed E-state index contributed by atoms with van der Waals surface area (Å²) in [6.45, 7) is -0.622. The van der Waals surface area contributed by atoms with Crippen molar-refractivity contribution in [3.8, 4) is 40.1 Å². The maximum Gasteiger partial charge on any atom is 0.239 e. The number of rotatable bonds is 4. The Bertz CT molecular complexity index is 1200. The van der Waals surface area contributed by atoms with E-state index in [1.807, 2.05) is 0 Å². The van der Waals surface area contributed by atoms with E-state index in [1.54, 1.807) is 0 Å². The molecule has 1 saturated heterocycles. The molecule has 31 heavy (non-hydrogen) atoms. The van der Waals surface area contributed by atoms with Crippen LogP contribution in [0.3, 0.4) is 0 Å². The van der Waals surface area contributed by atoms with Gasteiger partial charge in [0.15, 0.2) is 17.3 Å². The Morgan fingerprint density at radius 2 is 1.68 bits per heavy atom. The number of benzene rings is 2. The molecular formula is C20H18O11. The van der Waals surface area contributed by atoms with Crippen LogP contribution in [0.4, 0.5) is 0 Å². The SMILES string of the molecule is O=c1c(OC2O[C@H](CO)[C@H](O)[C@@H]2O)c(-c2ccc(O)c(O)c2)oc2cc(O)cc(O)c12. The third-order valence-corrected chi connectivity index (χ3v) is 4.89. The zero-order chi connectivity index (χ0) is 22.4. The van der Waals surface area contributed by atoms with Gasteiger partial charge in [-0.05, 0) is 18.2 Å². The van der Waals surface area contributed by atoms with Crippen LogP contribution in [0.1, 0.15) is 0 Å². The van der Waals surface area contributed by atoms with Gasteiger partial charge in [-0.15, -0.1) is 0 Å². The van der Waals surface area contributed by atoms with Crippen LogP contribution in [-0.4, -0.2) is 67.0 Å². The van der Waals surface area contributed by atoms with Crippen LogP contribution >= 0.6 is 0 Å². The van der Waals surface area contributed by atoms with Gasteiger partial charge < -0.3 is 49.6 Å². The Kier molecular flexibility index (Phi) is 5.11. The molecule has 2 aromatic carbocycles. The molecule has 1 fully saturated rings. The third kappa shape index (κ3) is 3.49. The Balaban J connectivity index is 1.92. The maximum absolute atomic E-state index is 13.1. The number of hydrogen-bond acceptors (Lipinski definition) is 11. The van der Waals surface area contributed by atoms with Crippen molar-refractivity contribution >= 4 is 11.0 Å². The second-order valence-electron chi connectivity index (χ2n) is 6.96. The highest BCUT2D eigenvalue weighted by molar-refractivity contribution is 5.88. The molecule has 1 aliphatic heterocycles. The monoisotopic (exact) mass is 434 g/mol. The molecule has 0 radical (unpaired) electrons. The number of aliphatic hydroxyl groups is 3. The molecule has 1 unspecified atom stereocenters. The van der Waals surface area contributed by atoms with Crippen LogP contribution < -0.4 is 10.2 Å². The first-order valence-corrected chi connectivity index (χ1v) is 9.05. The Morgan fingerprint density at radius 1 is 0.935 bits per heavy atom. The normalized spacial score (nSPS) is 23.3. The molecule has 0 saturated carbocycles. The van der Waals surface area contributed by atoms with Crippen molar-refractivity contribution in [3.63, 3.8) is 0 Å². The van der Waals surface area contributed by atoms with Gasteiger partial charge in [0.25, 0.3) is 0 Å². The van der Waals surface area contributed by atoms with Gasteiger partial charge in [-0.2, -0.15) is 0 Å². The van der Waals surface area contributed by atoms with Gasteiger partial charge in [0, 0.05) is 17.7 Å². The average molecular weight is 434 g/mol. The maximum atomic E-state index is 13.1. The predicted octanol–water partition coefficient (Wildman–Crippen LogP) is 0.100. The van der Waals surface area contributed by atoms with Gasteiger partial charge in [-0.3, -0.25) is 4.79 Å². The standard InChI is InChI=1S/C20H18O11/c21-6-13-15(26)17(28)20(30-13)31-19-16(27)14-11(25)4-8(22)5-12(14)29-18(19)7-1-2-9(23)10(24)3-7/h1-5,13,15,17,20-26,28H,6H2/t13-,15+,17+,20?/m1/s1. The van der Waals surface area contributed by atoms with Gasteiger partial charge in [-0.25, -0.2) is 0 Å². The molecule has 0 bridgehead atoms. The second-order valence-corrected chi connectivity index (χ2v) is 6.96. The van der Waals surface area contributed by atoms with E-state index in [9.17, 15) is 40.5 Å². The highest BCUT2D eigenvalue weighted by atomic mass is 16.7. The molecular weight excluding hydrogens is 416 g/mol. The number of aromatic hydroxyl groups is 4. The lowest BCUT2D eigenvalue weighted by Crippen LogP contribution is -2.36. The fraction of sp³-hybridized carbons (Fsp3) is 0.250. The summed E-state index contributed by atoms with van der Waals surface area (Å²) in [4.78, 5) is 13.1. The van der Waals surface area contributed by atoms with E-state index in [0.29, 0.717) is 0 Å². The van der Waals surface area contributed by atoms with Crippen molar-refractivity contribution < 1.29 is 49.6 Å². The summed E-state index contributed by atoms with van der Waals surface area (Å²) >= 11 is 0. The summed E-state index contributed by atoms with van der Waals surface area (Å²) in [7, 11) is 0. The Labute approximate surface area is 173 Å². The van der Waals surface area contributed by atoms with Crippen LogP contribution in [0.2, 0.25) is 0 Å². The van der Waals surface area contributed by atoms with Crippen molar-refractivity contribution in [1.82, 2.24) is 0 Å². The van der Waals surface area contributed by atoms with Gasteiger partial charge in [0.05, 0.1) is 6.61 Å². The highest BCUT2D eigenvalue weighted by Gasteiger charge is 2.44. The zero-order valence-corrected chi connectivity index (χ0v) is 15.7. The number of hydrogen-bond donors (Lipinski definition) is 7. The smallest absolute Gasteiger partial charge is 0.239 e. The molecule has 2 heterocycles. The molecule has 0 aliphatic carbocycles. The quantitative estimate of drug-likeness (QED) is 0.276. The molecule has 3 aromatic rings. The predicted molar refractivity (Wildman–Crippen MR) is 103 cm³/mol. The minimum atomic E-state index is -1.62. The zero-order valence-electron chi connectivity index (χ0n) is 15.7. The molecule has 1 aromatic heterocycles. The molecule has 0 amide bonds. The molecule has 7 N–H and O–H groups in total. The first-order chi connectivity index (χ1) is 14.7. The van der Waals surface area contributed by atoms with E-state index in [0.717, 1.165) is 24.3 Å². The lowest BCUT2D eigenvalue weighted by molar-refractivity contribution is -0.117. The molecule has 4 rings (SSSR count). The number of aliphatic hydroxyl groups excluding tert-OH is 3. The summed E-state index contributed by atoms with van der Waals surface area (Å²) in [5.74, 6) is -2.78. The largest absolute Gasteiger partial charge is 0.508 e. The number of ether oxygens (including phenoxy) is 2. The fourth-order valence-corrected chi connectivity index (χ4v) is 3.31. The fourth-order valence-electron chi connectivity index (χ4n) is 3.31. The lowest BCUT2D eigenvalue weighted by atomic mass is 10.1. The van der Waals surface area contributed by atoms with Crippen LogP contribution in [0.25, 0.3) is 22.3 Å². The van der Waals surface area contributed by atoms with E-state index in [2.05, 4.69) is 0 Å². The summed E-state index contributed by atoms with van der Waals surface area (Å²) in [5.41, 5.74) is -1.04. The summed E-state index contributed by atoms with van der Waals surface area (Å²) in [6, 6.07) is 5.50. The van der Waals surface area contributed by atoms with Gasteiger partial charge in [-0.1, -0.05) is 0 Å². The summed E-state index contributed by atoms with van der Waals surface area (Å²) in [6.07, 6.45) is -5.86. The molecule has 11 nitrogen and oxygen atoms in total. The van der Waals surface area contributed by atoms with Gasteiger partial charge >= 0.3 is 0 Å². The topological polar surface area (TPSA) is 190 Å². The third-order valence-electron chi connectivity index (χ3n) is 4.89. The lowest BCUT2D eigenvalue weighted by Gasteiger charge is -2.19. The Hall–Kier alpha value is -3.51. The molecule has 11 heteroatoms. The van der Waals surface area contributed by atoms with Crippen molar-refractivity contribution in [2.24, 2.45) is 0 Å². The van der Waals surface area contributed by atoms with Crippen molar-refractivity contribution in [2.75, 3.05) is 6.61 Å². The van der Waals surface area contributed by atoms with E-state index < -0.39 is 59.6 Å². The number of fused-ring (bicyclic) bond motifs is 1. The van der Waals surface area contributed by atoms with E-state index >= 15 is 0 Å². The Morgan fingerprint density at radius 3 is 2.32 bits per heavy atom. The average Bonchev–Trinajstić information content (AvgIpc) is 2.99. The minimum absolute atomic E-state index is 0.0684. The van der Waals surface area contributed by atoms with E-state index in [1.165, 1.54) is 6.07 Å². The van der Waals surface area contributed by atoms with E-state index in [4.69, 9.17) is 13.9 Å². The van der Waals surface area contributed by atoms with E-state index in [-0.39, 0.29) is 28.0 Å². The van der Waals surface area contributed by atoms with Crippen molar-refractivity contribution in [1.29, 1.82) is 0 Å². The molecule has 1 aliphatic rings. The number of phenols is 4. The minimum Gasteiger partial charge on any atom is -0.508 e. The molecule has 0 spiro atoms. The van der Waals surface area contributed by atoms with Crippen molar-refractivity contribution in [3.05, 3.63) is 40.6 Å². The van der Waals surface area contributed by atoms with Gasteiger partial charge in [0.2, 0.25) is 17.5 Å². The van der Waals surface area contributed by atoms with Gasteiger partial charge in [0.1, 0.15) is 40.8 Å². The van der Waals surface area contributed by atoms with Crippen LogP contribution in [-0.2, 0) is 4.74 Å². The summed E-state index contributed by atoms with van der Waals surface area (Å²) in [5, 5.41) is 68.3. The number of phenolic OH excluding ortho intramolecular Hbond substituents is 4. The van der Waals surface area contributed by atoms with Crippen LogP contribution in [0.5, 0.6) is 28.7 Å². The summed E-state index contributed by atoms with van der Waals surface area (Å²) < 4.78 is 16.4. The molecule has 164 valence electrons. The first-order valence-electron chi connectivity index (χ1n) is 9.05. The van der Waals surface area contributed by atoms with Crippen LogP contribution in [0, 0.1) is 0 Å². The highest BCUT2D eigenvalue weighted by Crippen LogP contribution is 2.39. The first kappa shape index (κ1) is 20.8. The van der Waals surface area contributed by atoms with Crippen molar-refractivity contribution in [2.45, 2.75) is 24.6 Å².